The molecule has 2 heteroatoms. The second-order valence-electron chi connectivity index (χ2n) is 3.58. The summed E-state index contributed by atoms with van der Waals surface area (Å²) in [4.78, 5) is 11.4. The van der Waals surface area contributed by atoms with Crippen molar-refractivity contribution in [3.8, 4) is 0 Å². The Balaban J connectivity index is 1.99. The van der Waals surface area contributed by atoms with E-state index in [2.05, 4.69) is 0 Å². The van der Waals surface area contributed by atoms with Gasteiger partial charge in [-0.3, -0.25) is 4.79 Å². The molecule has 2 rings (SSSR count). The molecular formula is C9H14O2. The first kappa shape index (κ1) is 7.29. The molecule has 0 aromatic heterocycles. The Morgan fingerprint density at radius 2 is 2.55 bits per heavy atom. The Kier molecular flexibility index (Phi) is 1.53. The van der Waals surface area contributed by atoms with Gasteiger partial charge in [0.15, 0.2) is 0 Å². The molecule has 0 aromatic rings. The third-order valence-electron chi connectivity index (χ3n) is 2.96. The van der Waals surface area contributed by atoms with Gasteiger partial charge in [-0.15, -0.1) is 0 Å². The first-order valence-corrected chi connectivity index (χ1v) is 4.44. The molecule has 2 unspecified atom stereocenters. The van der Waals surface area contributed by atoms with E-state index < -0.39 is 0 Å². The van der Waals surface area contributed by atoms with Gasteiger partial charge in [0.2, 0.25) is 0 Å². The van der Waals surface area contributed by atoms with Crippen LogP contribution in [-0.4, -0.2) is 18.5 Å². The summed E-state index contributed by atoms with van der Waals surface area (Å²) < 4.78 is 5.44. The van der Waals surface area contributed by atoms with E-state index in [-0.39, 0.29) is 11.5 Å². The number of Topliss-reactive ketones (excluding diaryl/α,β-unsaturated/α-hetero) is 1. The standard InChI is InChI=1S/C9H14O2/c1-2-11-8-6-9(8)5-3-4-7(9)10/h8H,2-6H2,1H3. The van der Waals surface area contributed by atoms with Crippen LogP contribution in [0.1, 0.15) is 32.6 Å². The van der Waals surface area contributed by atoms with E-state index in [0.717, 1.165) is 32.3 Å². The fourth-order valence-corrected chi connectivity index (χ4v) is 2.20. The van der Waals surface area contributed by atoms with Crippen LogP contribution in [0.25, 0.3) is 0 Å². The summed E-state index contributed by atoms with van der Waals surface area (Å²) in [6.45, 7) is 2.74. The van der Waals surface area contributed by atoms with Crippen molar-refractivity contribution >= 4 is 5.78 Å². The van der Waals surface area contributed by atoms with Crippen LogP contribution in [0.2, 0.25) is 0 Å². The van der Waals surface area contributed by atoms with E-state index in [0.29, 0.717) is 5.78 Å². The molecular weight excluding hydrogens is 140 g/mol. The third-order valence-corrected chi connectivity index (χ3v) is 2.96. The smallest absolute Gasteiger partial charge is 0.141 e. The van der Waals surface area contributed by atoms with E-state index in [9.17, 15) is 4.79 Å². The zero-order valence-corrected chi connectivity index (χ0v) is 6.93. The molecule has 0 radical (unpaired) electrons. The van der Waals surface area contributed by atoms with Crippen LogP contribution in [-0.2, 0) is 9.53 Å². The lowest BCUT2D eigenvalue weighted by Gasteiger charge is -2.05. The quantitative estimate of drug-likeness (QED) is 0.603. The number of ketones is 1. The Morgan fingerprint density at radius 3 is 3.09 bits per heavy atom. The Bertz CT molecular complexity index is 188. The second-order valence-corrected chi connectivity index (χ2v) is 3.58. The maximum atomic E-state index is 11.4. The largest absolute Gasteiger partial charge is 0.377 e. The molecule has 0 aromatic carbocycles. The molecule has 0 amide bonds. The number of carbonyl (C=O) groups excluding carboxylic acids is 1. The van der Waals surface area contributed by atoms with Gasteiger partial charge in [0.05, 0.1) is 11.5 Å². The normalized spacial score (nSPS) is 41.9. The molecule has 2 aliphatic carbocycles. The zero-order chi connectivity index (χ0) is 7.90. The number of ether oxygens (including phenoxy) is 1. The average molecular weight is 154 g/mol. The van der Waals surface area contributed by atoms with Crippen LogP contribution in [0.3, 0.4) is 0 Å². The highest BCUT2D eigenvalue weighted by Gasteiger charge is 2.61. The molecule has 2 saturated carbocycles. The van der Waals surface area contributed by atoms with Crippen molar-refractivity contribution in [1.29, 1.82) is 0 Å². The molecule has 0 heterocycles. The molecule has 0 aliphatic heterocycles. The van der Waals surface area contributed by atoms with Gasteiger partial charge in [-0.2, -0.15) is 0 Å². The number of hydrogen-bond acceptors (Lipinski definition) is 2. The minimum atomic E-state index is 0.00993. The molecule has 0 N–H and O–H groups in total. The van der Waals surface area contributed by atoms with Crippen molar-refractivity contribution in [2.75, 3.05) is 6.61 Å². The summed E-state index contributed by atoms with van der Waals surface area (Å²) in [6, 6.07) is 0. The maximum absolute atomic E-state index is 11.4. The minimum Gasteiger partial charge on any atom is -0.377 e. The summed E-state index contributed by atoms with van der Waals surface area (Å²) in [5.74, 6) is 0.455. The first-order chi connectivity index (χ1) is 5.29. The Labute approximate surface area is 66.9 Å². The average Bonchev–Trinajstić information content (AvgIpc) is 2.53. The highest BCUT2D eigenvalue weighted by atomic mass is 16.5. The predicted octanol–water partition coefficient (Wildman–Crippen LogP) is 1.53. The number of rotatable bonds is 2. The van der Waals surface area contributed by atoms with E-state index in [1.165, 1.54) is 0 Å². The van der Waals surface area contributed by atoms with Gasteiger partial charge in [-0.1, -0.05) is 0 Å². The summed E-state index contributed by atoms with van der Waals surface area (Å²) in [5, 5.41) is 0. The van der Waals surface area contributed by atoms with Crippen molar-refractivity contribution in [1.82, 2.24) is 0 Å². The molecule has 0 saturated heterocycles. The summed E-state index contributed by atoms with van der Waals surface area (Å²) in [5.41, 5.74) is 0.00993. The van der Waals surface area contributed by atoms with Gasteiger partial charge in [0.1, 0.15) is 5.78 Å². The molecule has 2 aliphatic rings. The zero-order valence-electron chi connectivity index (χ0n) is 6.93. The van der Waals surface area contributed by atoms with Gasteiger partial charge in [-0.05, 0) is 26.2 Å². The molecule has 0 bridgehead atoms. The van der Waals surface area contributed by atoms with Crippen molar-refractivity contribution in [2.24, 2.45) is 5.41 Å². The first-order valence-electron chi connectivity index (χ1n) is 4.44. The summed E-state index contributed by atoms with van der Waals surface area (Å²) in [6.07, 6.45) is 4.24. The molecule has 1 spiro atoms. The SMILES string of the molecule is CCOC1CC12CCCC2=O. The van der Waals surface area contributed by atoms with E-state index in [1.54, 1.807) is 0 Å². The second kappa shape index (κ2) is 2.31. The molecule has 2 nitrogen and oxygen atoms in total. The lowest BCUT2D eigenvalue weighted by Crippen LogP contribution is -2.14. The van der Waals surface area contributed by atoms with Crippen molar-refractivity contribution < 1.29 is 9.53 Å². The Hall–Kier alpha value is -0.370. The lowest BCUT2D eigenvalue weighted by atomic mass is 10.0. The van der Waals surface area contributed by atoms with Crippen molar-refractivity contribution in [3.05, 3.63) is 0 Å². The minimum absolute atomic E-state index is 0.00993. The number of carbonyl (C=O) groups is 1. The van der Waals surface area contributed by atoms with Gasteiger partial charge < -0.3 is 4.74 Å². The van der Waals surface area contributed by atoms with Crippen LogP contribution < -0.4 is 0 Å². The van der Waals surface area contributed by atoms with Crippen LogP contribution in [0, 0.1) is 5.41 Å². The predicted molar refractivity (Wildman–Crippen MR) is 41.3 cm³/mol. The maximum Gasteiger partial charge on any atom is 0.141 e. The van der Waals surface area contributed by atoms with Crippen molar-refractivity contribution in [2.45, 2.75) is 38.7 Å². The molecule has 62 valence electrons. The number of hydrogen-bond donors (Lipinski definition) is 0. The molecule has 11 heavy (non-hydrogen) atoms. The highest BCUT2D eigenvalue weighted by Crippen LogP contribution is 2.57. The van der Waals surface area contributed by atoms with E-state index in [4.69, 9.17) is 4.74 Å². The highest BCUT2D eigenvalue weighted by molar-refractivity contribution is 5.90. The monoisotopic (exact) mass is 154 g/mol. The van der Waals surface area contributed by atoms with Crippen LogP contribution >= 0.6 is 0 Å². The van der Waals surface area contributed by atoms with Gasteiger partial charge in [-0.25, -0.2) is 0 Å². The van der Waals surface area contributed by atoms with E-state index in [1.807, 2.05) is 6.92 Å². The van der Waals surface area contributed by atoms with Crippen LogP contribution in [0.4, 0.5) is 0 Å². The Morgan fingerprint density at radius 1 is 1.73 bits per heavy atom. The molecule has 2 fully saturated rings. The summed E-state index contributed by atoms with van der Waals surface area (Å²) >= 11 is 0. The van der Waals surface area contributed by atoms with E-state index >= 15 is 0 Å². The third kappa shape index (κ3) is 0.924. The summed E-state index contributed by atoms with van der Waals surface area (Å²) in [7, 11) is 0. The topological polar surface area (TPSA) is 26.3 Å². The van der Waals surface area contributed by atoms with Crippen LogP contribution in [0.15, 0.2) is 0 Å². The fourth-order valence-electron chi connectivity index (χ4n) is 2.20. The van der Waals surface area contributed by atoms with Crippen LogP contribution in [0.5, 0.6) is 0 Å². The van der Waals surface area contributed by atoms with Gasteiger partial charge in [0.25, 0.3) is 0 Å². The fraction of sp³-hybridized carbons (Fsp3) is 0.889. The molecule has 2 atom stereocenters. The van der Waals surface area contributed by atoms with Crippen molar-refractivity contribution in [3.63, 3.8) is 0 Å². The van der Waals surface area contributed by atoms with Gasteiger partial charge in [0, 0.05) is 13.0 Å². The lowest BCUT2D eigenvalue weighted by molar-refractivity contribution is -0.123. The van der Waals surface area contributed by atoms with Gasteiger partial charge >= 0.3 is 0 Å².